The second-order valence-corrected chi connectivity index (χ2v) is 5.77. The van der Waals surface area contributed by atoms with Gasteiger partial charge in [-0.15, -0.1) is 0 Å². The Labute approximate surface area is 136 Å². The molecule has 1 aromatic carbocycles. The van der Waals surface area contributed by atoms with Crippen molar-refractivity contribution < 1.29 is 9.59 Å². The van der Waals surface area contributed by atoms with Crippen molar-refractivity contribution in [1.29, 1.82) is 0 Å². The molecule has 3 N–H and O–H groups in total. The molecule has 0 aliphatic carbocycles. The molecular formula is C16H24ClN3O2. The van der Waals surface area contributed by atoms with Crippen LogP contribution < -0.4 is 11.1 Å². The highest BCUT2D eigenvalue weighted by Gasteiger charge is 2.16. The first kappa shape index (κ1) is 18.3. The van der Waals surface area contributed by atoms with Gasteiger partial charge < -0.3 is 16.0 Å². The van der Waals surface area contributed by atoms with E-state index >= 15 is 0 Å². The van der Waals surface area contributed by atoms with E-state index in [4.69, 9.17) is 17.3 Å². The van der Waals surface area contributed by atoms with Gasteiger partial charge in [0.25, 0.3) is 0 Å². The van der Waals surface area contributed by atoms with Crippen LogP contribution in [-0.4, -0.2) is 30.4 Å². The average Bonchev–Trinajstić information content (AvgIpc) is 2.49. The summed E-state index contributed by atoms with van der Waals surface area (Å²) in [6.07, 6.45) is 3.02. The molecule has 0 aliphatic rings. The van der Waals surface area contributed by atoms with E-state index in [1.807, 2.05) is 38.2 Å². The number of halogens is 1. The third-order valence-electron chi connectivity index (χ3n) is 3.69. The second kappa shape index (κ2) is 9.30. The number of carbonyl (C=O) groups is 2. The van der Waals surface area contributed by atoms with Crippen LogP contribution in [0.3, 0.4) is 0 Å². The molecule has 0 radical (unpaired) electrons. The van der Waals surface area contributed by atoms with Gasteiger partial charge >= 0.3 is 6.03 Å². The molecule has 5 nitrogen and oxygen atoms in total. The standard InChI is InChI=1S/C16H24ClN3O2/c1-12(13-7-9-14(17)10-8-13)20(2)15(21)6-4-3-5-11-19-16(18)22/h7-10,12H,3-6,11H2,1-2H3,(H3,18,19,22)/t12-/m1/s1. The Morgan fingerprint density at radius 2 is 1.86 bits per heavy atom. The summed E-state index contributed by atoms with van der Waals surface area (Å²) in [7, 11) is 1.82. The SMILES string of the molecule is C[C@H](c1ccc(Cl)cc1)N(C)C(=O)CCCCCNC(N)=O. The van der Waals surface area contributed by atoms with Gasteiger partial charge in [0.1, 0.15) is 0 Å². The average molecular weight is 326 g/mol. The summed E-state index contributed by atoms with van der Waals surface area (Å²) in [5, 5.41) is 3.22. The number of rotatable bonds is 8. The number of primary amides is 1. The van der Waals surface area contributed by atoms with Crippen molar-refractivity contribution in [3.8, 4) is 0 Å². The molecule has 1 rings (SSSR count). The molecule has 0 heterocycles. The van der Waals surface area contributed by atoms with Gasteiger partial charge in [-0.3, -0.25) is 4.79 Å². The van der Waals surface area contributed by atoms with E-state index in [0.29, 0.717) is 18.0 Å². The fraction of sp³-hybridized carbons (Fsp3) is 0.500. The largest absolute Gasteiger partial charge is 0.352 e. The Morgan fingerprint density at radius 1 is 1.23 bits per heavy atom. The van der Waals surface area contributed by atoms with Gasteiger partial charge in [-0.1, -0.05) is 30.2 Å². The highest BCUT2D eigenvalue weighted by Crippen LogP contribution is 2.21. The molecule has 0 aromatic heterocycles. The number of urea groups is 1. The van der Waals surface area contributed by atoms with Crippen LogP contribution in [0.25, 0.3) is 0 Å². The van der Waals surface area contributed by atoms with Crippen LogP contribution in [0.5, 0.6) is 0 Å². The zero-order valence-corrected chi connectivity index (χ0v) is 13.9. The van der Waals surface area contributed by atoms with Crippen LogP contribution in [0.1, 0.15) is 44.2 Å². The zero-order valence-electron chi connectivity index (χ0n) is 13.1. The number of carbonyl (C=O) groups excluding carboxylic acids is 2. The number of nitrogens with zero attached hydrogens (tertiary/aromatic N) is 1. The third kappa shape index (κ3) is 6.35. The van der Waals surface area contributed by atoms with E-state index in [9.17, 15) is 9.59 Å². The van der Waals surface area contributed by atoms with Gasteiger partial charge in [0, 0.05) is 25.0 Å². The molecule has 0 fully saturated rings. The monoisotopic (exact) mass is 325 g/mol. The number of amides is 3. The third-order valence-corrected chi connectivity index (χ3v) is 3.95. The van der Waals surface area contributed by atoms with Crippen LogP contribution in [0.2, 0.25) is 5.02 Å². The van der Waals surface area contributed by atoms with Gasteiger partial charge in [-0.2, -0.15) is 0 Å². The molecule has 22 heavy (non-hydrogen) atoms. The summed E-state index contributed by atoms with van der Waals surface area (Å²) in [5.74, 6) is 0.116. The highest BCUT2D eigenvalue weighted by molar-refractivity contribution is 6.30. The first-order chi connectivity index (χ1) is 10.4. The van der Waals surface area contributed by atoms with Crippen molar-refractivity contribution in [3.63, 3.8) is 0 Å². The van der Waals surface area contributed by atoms with Gasteiger partial charge in [-0.25, -0.2) is 4.79 Å². The fourth-order valence-corrected chi connectivity index (χ4v) is 2.27. The maximum atomic E-state index is 12.2. The van der Waals surface area contributed by atoms with Crippen LogP contribution in [0, 0.1) is 0 Å². The van der Waals surface area contributed by atoms with E-state index in [2.05, 4.69) is 5.32 Å². The second-order valence-electron chi connectivity index (χ2n) is 5.33. The molecule has 0 aliphatic heterocycles. The topological polar surface area (TPSA) is 75.4 Å². The fourth-order valence-electron chi connectivity index (χ4n) is 2.15. The molecule has 122 valence electrons. The Bertz CT molecular complexity index is 491. The molecule has 6 heteroatoms. The molecule has 0 spiro atoms. The normalized spacial score (nSPS) is 11.8. The number of nitrogens with one attached hydrogen (secondary N) is 1. The summed E-state index contributed by atoms with van der Waals surface area (Å²) < 4.78 is 0. The minimum atomic E-state index is -0.507. The number of nitrogens with two attached hydrogens (primary N) is 1. The molecule has 3 amide bonds. The summed E-state index contributed by atoms with van der Waals surface area (Å²) in [6, 6.07) is 7.04. The summed E-state index contributed by atoms with van der Waals surface area (Å²) in [4.78, 5) is 24.4. The van der Waals surface area contributed by atoms with Crippen molar-refractivity contribution in [2.45, 2.75) is 38.6 Å². The van der Waals surface area contributed by atoms with Crippen molar-refractivity contribution in [2.24, 2.45) is 5.73 Å². The lowest BCUT2D eigenvalue weighted by atomic mass is 10.1. The molecule has 0 bridgehead atoms. The minimum Gasteiger partial charge on any atom is -0.352 e. The molecule has 1 atom stereocenters. The smallest absolute Gasteiger partial charge is 0.312 e. The van der Waals surface area contributed by atoms with E-state index < -0.39 is 6.03 Å². The quantitative estimate of drug-likeness (QED) is 0.721. The van der Waals surface area contributed by atoms with Gasteiger partial charge in [-0.05, 0) is 37.5 Å². The lowest BCUT2D eigenvalue weighted by molar-refractivity contribution is -0.131. The lowest BCUT2D eigenvalue weighted by Gasteiger charge is -2.25. The van der Waals surface area contributed by atoms with Crippen LogP contribution in [0.15, 0.2) is 24.3 Å². The Hall–Kier alpha value is -1.75. The number of hydrogen-bond donors (Lipinski definition) is 2. The number of benzene rings is 1. The maximum Gasteiger partial charge on any atom is 0.312 e. The predicted octanol–water partition coefficient (Wildman–Crippen LogP) is 3.09. The van der Waals surface area contributed by atoms with E-state index in [1.165, 1.54) is 0 Å². The van der Waals surface area contributed by atoms with Crippen molar-refractivity contribution >= 4 is 23.5 Å². The van der Waals surface area contributed by atoms with Crippen molar-refractivity contribution in [1.82, 2.24) is 10.2 Å². The number of hydrogen-bond acceptors (Lipinski definition) is 2. The van der Waals surface area contributed by atoms with Gasteiger partial charge in [0.05, 0.1) is 6.04 Å². The van der Waals surface area contributed by atoms with Gasteiger partial charge in [0.2, 0.25) is 5.91 Å². The molecule has 1 aromatic rings. The van der Waals surface area contributed by atoms with Crippen LogP contribution in [0.4, 0.5) is 4.79 Å². The highest BCUT2D eigenvalue weighted by atomic mass is 35.5. The zero-order chi connectivity index (χ0) is 16.5. The van der Waals surface area contributed by atoms with Crippen LogP contribution >= 0.6 is 11.6 Å². The Balaban J connectivity index is 2.32. The lowest BCUT2D eigenvalue weighted by Crippen LogP contribution is -2.30. The summed E-state index contributed by atoms with van der Waals surface area (Å²) in [6.45, 7) is 2.55. The molecular weight excluding hydrogens is 302 g/mol. The van der Waals surface area contributed by atoms with Crippen LogP contribution in [-0.2, 0) is 4.79 Å². The Morgan fingerprint density at radius 3 is 2.45 bits per heavy atom. The minimum absolute atomic E-state index is 0.0151. The predicted molar refractivity (Wildman–Crippen MR) is 88.7 cm³/mol. The number of unbranched alkanes of at least 4 members (excludes halogenated alkanes) is 2. The Kier molecular flexibility index (Phi) is 7.74. The maximum absolute atomic E-state index is 12.2. The van der Waals surface area contributed by atoms with E-state index in [-0.39, 0.29) is 11.9 Å². The summed E-state index contributed by atoms with van der Waals surface area (Å²) in [5.41, 5.74) is 6.03. The molecule has 0 saturated carbocycles. The molecule has 0 saturated heterocycles. The molecule has 0 unspecified atom stereocenters. The summed E-state index contributed by atoms with van der Waals surface area (Å²) >= 11 is 5.87. The van der Waals surface area contributed by atoms with Crippen molar-refractivity contribution in [2.75, 3.05) is 13.6 Å². The van der Waals surface area contributed by atoms with Crippen molar-refractivity contribution in [3.05, 3.63) is 34.9 Å². The van der Waals surface area contributed by atoms with Gasteiger partial charge in [0.15, 0.2) is 0 Å². The first-order valence-corrected chi connectivity index (χ1v) is 7.84. The first-order valence-electron chi connectivity index (χ1n) is 7.46. The van der Waals surface area contributed by atoms with E-state index in [1.54, 1.807) is 4.90 Å². The van der Waals surface area contributed by atoms with E-state index in [0.717, 1.165) is 24.8 Å².